The molecule has 0 aliphatic rings. The molecule has 34 heteroatoms. The van der Waals surface area contributed by atoms with Gasteiger partial charge in [0.25, 0.3) is 5.69 Å². The van der Waals surface area contributed by atoms with E-state index in [9.17, 15) is 67.1 Å². The van der Waals surface area contributed by atoms with Gasteiger partial charge in [-0.05, 0) is 78.9 Å². The molecule has 0 aliphatic carbocycles. The molecule has 9 aromatic rings. The van der Waals surface area contributed by atoms with Gasteiger partial charge in [-0.15, -0.1) is 35.8 Å². The largest absolute Gasteiger partial charge is 1.00 e. The maximum Gasteiger partial charge on any atom is 1.00 e. The van der Waals surface area contributed by atoms with Gasteiger partial charge in [-0.2, -0.15) is 5.11 Å². The van der Waals surface area contributed by atoms with E-state index in [1.165, 1.54) is 30.3 Å². The summed E-state index contributed by atoms with van der Waals surface area (Å²) in [6.07, 6.45) is 0. The van der Waals surface area contributed by atoms with Crippen LogP contribution >= 0.6 is 0 Å². The molecular formula is C46H27N11Na4O15S4. The number of rotatable bonds is 13. The molecule has 0 spiro atoms. The topological polar surface area (TPSA) is 443 Å². The number of benzene rings is 9. The molecular weight excluding hydrogens is 1170 g/mol. The van der Waals surface area contributed by atoms with Crippen molar-refractivity contribution in [1.29, 1.82) is 0 Å². The zero-order valence-electron chi connectivity index (χ0n) is 41.7. The number of azo groups is 4. The fourth-order valence-electron chi connectivity index (χ4n) is 7.91. The minimum atomic E-state index is -5.21. The van der Waals surface area contributed by atoms with Crippen molar-refractivity contribution >= 4 is 146 Å². The first-order chi connectivity index (χ1) is 35.8. The van der Waals surface area contributed by atoms with E-state index in [1.807, 2.05) is 0 Å². The number of nitrogen functional groups attached to an aromatic ring is 2. The number of nitrogens with zero attached hydrogens (tertiary/aromatic N) is 9. The van der Waals surface area contributed by atoms with Gasteiger partial charge in [-0.3, -0.25) is 10.1 Å². The number of anilines is 2. The van der Waals surface area contributed by atoms with E-state index in [2.05, 4.69) is 40.9 Å². The Bertz CT molecular complexity index is 4640. The molecule has 0 atom stereocenters. The van der Waals surface area contributed by atoms with Crippen molar-refractivity contribution in [3.05, 3.63) is 144 Å². The fraction of sp³-hybridized carbons (Fsp3) is 0. The van der Waals surface area contributed by atoms with Crippen molar-refractivity contribution in [2.45, 2.75) is 19.6 Å². The van der Waals surface area contributed by atoms with Crippen LogP contribution in [-0.4, -0.2) is 61.9 Å². The van der Waals surface area contributed by atoms with Crippen LogP contribution in [0.1, 0.15) is 0 Å². The average molecular weight is 1190 g/mol. The first-order valence-electron chi connectivity index (χ1n) is 21.1. The van der Waals surface area contributed by atoms with Crippen molar-refractivity contribution < 1.29 is 180 Å². The van der Waals surface area contributed by atoms with E-state index in [0.29, 0.717) is 10.8 Å². The van der Waals surface area contributed by atoms with Crippen molar-refractivity contribution in [3.63, 3.8) is 0 Å². The minimum Gasteiger partial charge on any atom is -0.744 e. The van der Waals surface area contributed by atoms with Gasteiger partial charge in [0.1, 0.15) is 57.5 Å². The van der Waals surface area contributed by atoms with E-state index in [4.69, 9.17) is 11.5 Å². The maximum atomic E-state index is 12.3. The van der Waals surface area contributed by atoms with Gasteiger partial charge in [0.2, 0.25) is 0 Å². The second-order valence-corrected chi connectivity index (χ2v) is 21.5. The zero-order chi connectivity index (χ0) is 54.6. The second-order valence-electron chi connectivity index (χ2n) is 16.0. The van der Waals surface area contributed by atoms with Gasteiger partial charge in [-0.25, -0.2) is 33.7 Å². The Hall–Kier alpha value is -5.14. The number of aromatic hydroxyl groups is 1. The van der Waals surface area contributed by atoms with Crippen LogP contribution in [0.15, 0.2) is 194 Å². The van der Waals surface area contributed by atoms with Gasteiger partial charge in [0.05, 0.1) is 69.7 Å². The molecule has 26 nitrogen and oxygen atoms in total. The molecule has 9 aromatic carbocycles. The molecule has 5 N–H and O–H groups in total. The molecule has 0 radical (unpaired) electrons. The summed E-state index contributed by atoms with van der Waals surface area (Å²) in [4.78, 5) is 7.65. The minimum absolute atomic E-state index is 0. The van der Waals surface area contributed by atoms with Crippen molar-refractivity contribution in [2.75, 3.05) is 11.5 Å². The SMILES string of the molecule is Nc1cc(N)c([N+](=O)[O-])cc1N=Nc1ccc(S(=O)(=O)[O-])c2ccc(N=Nc3ccc(N=Nc4ccc(N=Nc5cc(S(=O)(=O)[O-])c6cccc(S(=O)(=O)[O-])c6c5)c5ccccc45)c4ccc(S(=O)(=O)[O-])cc34)c(O)c12.[Na+].[Na+].[Na+].[Na+]. The number of nitro groups is 1. The Morgan fingerprint density at radius 2 is 0.838 bits per heavy atom. The van der Waals surface area contributed by atoms with Gasteiger partial charge in [-0.1, -0.05) is 48.5 Å². The summed E-state index contributed by atoms with van der Waals surface area (Å²) in [6.45, 7) is 0. The summed E-state index contributed by atoms with van der Waals surface area (Å²) in [7, 11) is -20.6. The summed E-state index contributed by atoms with van der Waals surface area (Å²) >= 11 is 0. The third kappa shape index (κ3) is 13.8. The maximum absolute atomic E-state index is 12.3. The molecule has 0 saturated heterocycles. The van der Waals surface area contributed by atoms with E-state index in [1.54, 1.807) is 24.3 Å². The Labute approximate surface area is 540 Å². The van der Waals surface area contributed by atoms with E-state index < -0.39 is 76.4 Å². The average Bonchev–Trinajstić information content (AvgIpc) is 3.36. The number of fused-ring (bicyclic) bond motifs is 4. The number of nitro benzene ring substituents is 1. The third-order valence-electron chi connectivity index (χ3n) is 11.3. The van der Waals surface area contributed by atoms with Crippen LogP contribution in [0.3, 0.4) is 0 Å². The first kappa shape index (κ1) is 65.7. The summed E-state index contributed by atoms with van der Waals surface area (Å²) in [5, 5.41) is 56.1. The molecule has 0 heterocycles. The van der Waals surface area contributed by atoms with Crippen LogP contribution in [0.4, 0.5) is 62.6 Å². The van der Waals surface area contributed by atoms with Crippen LogP contribution in [0.5, 0.6) is 5.75 Å². The van der Waals surface area contributed by atoms with E-state index in [0.717, 1.165) is 78.9 Å². The van der Waals surface area contributed by atoms with Crippen LogP contribution in [0, 0.1) is 10.1 Å². The zero-order valence-corrected chi connectivity index (χ0v) is 52.9. The summed E-state index contributed by atoms with van der Waals surface area (Å²) in [5.74, 6) is -0.779. The summed E-state index contributed by atoms with van der Waals surface area (Å²) < 4.78 is 146. The van der Waals surface area contributed by atoms with Crippen molar-refractivity contribution in [3.8, 4) is 5.75 Å². The molecule has 384 valence electrons. The molecule has 0 aromatic heterocycles. The van der Waals surface area contributed by atoms with E-state index in [-0.39, 0.29) is 207 Å². The van der Waals surface area contributed by atoms with Crippen molar-refractivity contribution in [2.24, 2.45) is 40.9 Å². The molecule has 80 heavy (non-hydrogen) atoms. The predicted octanol–water partition coefficient (Wildman–Crippen LogP) is -1.63. The monoisotopic (exact) mass is 1190 g/mol. The number of phenolic OH excluding ortho intramolecular Hbond substituents is 1. The smallest absolute Gasteiger partial charge is 0.744 e. The second kappa shape index (κ2) is 25.6. The Morgan fingerprint density at radius 3 is 1.39 bits per heavy atom. The number of hydrogen-bond acceptors (Lipinski definition) is 25. The number of nitrogens with two attached hydrogens (primary N) is 2. The Morgan fingerprint density at radius 1 is 0.388 bits per heavy atom. The van der Waals surface area contributed by atoms with Gasteiger partial charge < -0.3 is 34.8 Å². The van der Waals surface area contributed by atoms with Gasteiger partial charge in [0.15, 0.2) is 5.75 Å². The Balaban J connectivity index is 0.00000294. The molecule has 0 bridgehead atoms. The normalized spacial score (nSPS) is 12.3. The summed E-state index contributed by atoms with van der Waals surface area (Å²) in [5.41, 5.74) is 10.0. The number of phenols is 1. The molecule has 0 unspecified atom stereocenters. The standard InChI is InChI=1S/C46H31N11O15S4.4Na/c47-32-21-33(48)41(57(59)60)22-40(32)56-54-38-16-17-43(75(67,68)69)29-10-11-39(46(58)45(29)38)55-53-37-15-14-36(27-9-8-24(20-30(27)37)73(61,62)63)52-51-35-13-12-34(25-4-1-2-5-26(25)35)50-49-23-18-31-28(44(19-23)76(70,71)72)6-3-7-42(31)74(64,65)66;;;;/h1-22,58H,47-48H2,(H,61,62,63)(H,64,65,66)(H,67,68,69)(H,70,71,72);;;;/q;4*+1/p-4. The Kier molecular flexibility index (Phi) is 21.0. The molecule has 0 saturated carbocycles. The molecule has 9 rings (SSSR count). The van der Waals surface area contributed by atoms with Crippen LogP contribution < -0.4 is 130 Å². The van der Waals surface area contributed by atoms with Gasteiger partial charge in [0, 0.05) is 43.8 Å². The van der Waals surface area contributed by atoms with Crippen LogP contribution in [-0.2, 0) is 40.5 Å². The van der Waals surface area contributed by atoms with Gasteiger partial charge >= 0.3 is 118 Å². The molecule has 0 aliphatic heterocycles. The first-order valence-corrected chi connectivity index (χ1v) is 26.7. The van der Waals surface area contributed by atoms with Crippen LogP contribution in [0.2, 0.25) is 0 Å². The fourth-order valence-corrected chi connectivity index (χ4v) is 10.5. The summed E-state index contributed by atoms with van der Waals surface area (Å²) in [6, 6.07) is 26.9. The predicted molar refractivity (Wildman–Crippen MR) is 268 cm³/mol. The molecule has 0 fully saturated rings. The van der Waals surface area contributed by atoms with Crippen LogP contribution in [0.25, 0.3) is 43.1 Å². The van der Waals surface area contributed by atoms with E-state index >= 15 is 0 Å². The number of hydrogen-bond donors (Lipinski definition) is 3. The molecule has 0 amide bonds. The third-order valence-corrected chi connectivity index (χ3v) is 14.8. The quantitative estimate of drug-likeness (QED) is 0.0291. The van der Waals surface area contributed by atoms with Crippen molar-refractivity contribution in [1.82, 2.24) is 0 Å².